The summed E-state index contributed by atoms with van der Waals surface area (Å²) >= 11 is 0. The first-order valence-corrected chi connectivity index (χ1v) is 11.5. The first kappa shape index (κ1) is 22.6. The molecule has 2 aromatic carbocycles. The lowest BCUT2D eigenvalue weighted by atomic mass is 10.1. The molecule has 2 aromatic heterocycles. The number of piperazine rings is 1. The molecule has 1 saturated heterocycles. The lowest BCUT2D eigenvalue weighted by Gasteiger charge is -2.40. The predicted molar refractivity (Wildman–Crippen MR) is 134 cm³/mol. The molecule has 35 heavy (non-hydrogen) atoms. The number of nitrogens with zero attached hydrogens (tertiary/aromatic N) is 6. The molecule has 0 radical (unpaired) electrons. The molecule has 4 aromatic rings. The van der Waals surface area contributed by atoms with Crippen LogP contribution in [-0.4, -0.2) is 59.8 Å². The van der Waals surface area contributed by atoms with Crippen molar-refractivity contribution in [3.63, 3.8) is 0 Å². The van der Waals surface area contributed by atoms with E-state index in [0.29, 0.717) is 29.8 Å². The number of fused-ring (bicyclic) bond motifs is 1. The van der Waals surface area contributed by atoms with Crippen molar-refractivity contribution in [1.82, 2.24) is 19.9 Å². The number of rotatable bonds is 7. The van der Waals surface area contributed by atoms with Crippen LogP contribution in [0.4, 0.5) is 11.8 Å². The number of hydrogen-bond donors (Lipinski definition) is 0. The number of anilines is 2. The molecule has 9 heteroatoms. The highest BCUT2D eigenvalue weighted by Crippen LogP contribution is 2.35. The second kappa shape index (κ2) is 10.0. The Morgan fingerprint density at radius 2 is 1.66 bits per heavy atom. The van der Waals surface area contributed by atoms with Gasteiger partial charge in [-0.1, -0.05) is 30.3 Å². The minimum absolute atomic E-state index is 0.188. The van der Waals surface area contributed by atoms with Crippen LogP contribution in [0.15, 0.2) is 61.2 Å². The lowest BCUT2D eigenvalue weighted by Crippen LogP contribution is -2.53. The van der Waals surface area contributed by atoms with Crippen LogP contribution < -0.4 is 24.0 Å². The van der Waals surface area contributed by atoms with Crippen molar-refractivity contribution >= 4 is 22.7 Å². The molecule has 1 fully saturated rings. The van der Waals surface area contributed by atoms with E-state index in [1.807, 2.05) is 42.5 Å². The number of benzene rings is 2. The Morgan fingerprint density at radius 1 is 0.914 bits per heavy atom. The van der Waals surface area contributed by atoms with Crippen LogP contribution in [0.5, 0.6) is 17.2 Å². The summed E-state index contributed by atoms with van der Waals surface area (Å²) in [5.41, 5.74) is 1.92. The monoisotopic (exact) mass is 472 g/mol. The predicted octanol–water partition coefficient (Wildman–Crippen LogP) is 3.73. The smallest absolute Gasteiger partial charge is 0.225 e. The van der Waals surface area contributed by atoms with Gasteiger partial charge >= 0.3 is 0 Å². The molecule has 3 heterocycles. The van der Waals surface area contributed by atoms with Crippen LogP contribution >= 0.6 is 0 Å². The molecule has 1 aliphatic rings. The minimum atomic E-state index is 0.188. The highest BCUT2D eigenvalue weighted by Gasteiger charge is 2.28. The first-order chi connectivity index (χ1) is 17.2. The lowest BCUT2D eigenvalue weighted by molar-refractivity contribution is 0.303. The Balaban J connectivity index is 1.28. The van der Waals surface area contributed by atoms with Crippen molar-refractivity contribution in [2.75, 3.05) is 43.7 Å². The molecule has 5 rings (SSSR count). The van der Waals surface area contributed by atoms with Crippen LogP contribution in [0.2, 0.25) is 0 Å². The summed E-state index contributed by atoms with van der Waals surface area (Å²) in [6.07, 6.45) is 5.07. The maximum Gasteiger partial charge on any atom is 0.225 e. The second-order valence-corrected chi connectivity index (χ2v) is 8.40. The normalized spacial score (nSPS) is 15.8. The third-order valence-electron chi connectivity index (χ3n) is 6.16. The van der Waals surface area contributed by atoms with Crippen molar-refractivity contribution < 1.29 is 14.2 Å². The Kier molecular flexibility index (Phi) is 6.47. The van der Waals surface area contributed by atoms with E-state index in [-0.39, 0.29) is 6.04 Å². The molecule has 0 amide bonds. The van der Waals surface area contributed by atoms with E-state index < -0.39 is 0 Å². The second-order valence-electron chi connectivity index (χ2n) is 8.40. The SMILES string of the molecule is COc1cc2ncnc(N3CCN(c4ncc(OCc5ccccc5)cn4)C[C@H]3C)c2cc1OC. The van der Waals surface area contributed by atoms with Crippen molar-refractivity contribution in [1.29, 1.82) is 0 Å². The highest BCUT2D eigenvalue weighted by molar-refractivity contribution is 5.92. The van der Waals surface area contributed by atoms with Gasteiger partial charge in [-0.05, 0) is 18.6 Å². The molecule has 9 nitrogen and oxygen atoms in total. The molecule has 180 valence electrons. The summed E-state index contributed by atoms with van der Waals surface area (Å²) in [5.74, 6) is 3.54. The van der Waals surface area contributed by atoms with Gasteiger partial charge < -0.3 is 24.0 Å². The first-order valence-electron chi connectivity index (χ1n) is 11.5. The van der Waals surface area contributed by atoms with Crippen molar-refractivity contribution in [2.24, 2.45) is 0 Å². The zero-order chi connectivity index (χ0) is 24.2. The maximum atomic E-state index is 5.82. The average Bonchev–Trinajstić information content (AvgIpc) is 2.91. The summed E-state index contributed by atoms with van der Waals surface area (Å²) in [6.45, 7) is 4.98. The van der Waals surface area contributed by atoms with E-state index in [4.69, 9.17) is 14.2 Å². The van der Waals surface area contributed by atoms with Gasteiger partial charge in [-0.15, -0.1) is 0 Å². The summed E-state index contributed by atoms with van der Waals surface area (Å²) in [6, 6.07) is 14.1. The third-order valence-corrected chi connectivity index (χ3v) is 6.16. The fourth-order valence-corrected chi connectivity index (χ4v) is 4.34. The van der Waals surface area contributed by atoms with E-state index in [0.717, 1.165) is 41.9 Å². The molecule has 0 saturated carbocycles. The van der Waals surface area contributed by atoms with E-state index in [2.05, 4.69) is 36.7 Å². The molecule has 0 bridgehead atoms. The molecule has 1 aliphatic heterocycles. The molecule has 0 aliphatic carbocycles. The molecular weight excluding hydrogens is 444 g/mol. The Labute approximate surface area is 204 Å². The van der Waals surface area contributed by atoms with Crippen LogP contribution in [0, 0.1) is 0 Å². The minimum Gasteiger partial charge on any atom is -0.493 e. The summed E-state index contributed by atoms with van der Waals surface area (Å²) < 4.78 is 16.8. The maximum absolute atomic E-state index is 5.82. The van der Waals surface area contributed by atoms with E-state index in [9.17, 15) is 0 Å². The van der Waals surface area contributed by atoms with Crippen LogP contribution in [-0.2, 0) is 6.61 Å². The van der Waals surface area contributed by atoms with Gasteiger partial charge in [-0.2, -0.15) is 0 Å². The van der Waals surface area contributed by atoms with Gasteiger partial charge in [-0.3, -0.25) is 0 Å². The fourth-order valence-electron chi connectivity index (χ4n) is 4.34. The quantitative estimate of drug-likeness (QED) is 0.399. The van der Waals surface area contributed by atoms with Crippen LogP contribution in [0.3, 0.4) is 0 Å². The Hall–Kier alpha value is -4.14. The fraction of sp³-hybridized carbons (Fsp3) is 0.308. The largest absolute Gasteiger partial charge is 0.493 e. The van der Waals surface area contributed by atoms with Gasteiger partial charge in [0, 0.05) is 37.1 Å². The van der Waals surface area contributed by atoms with E-state index in [1.54, 1.807) is 32.9 Å². The van der Waals surface area contributed by atoms with Gasteiger partial charge in [0.1, 0.15) is 18.8 Å². The van der Waals surface area contributed by atoms with Crippen molar-refractivity contribution in [3.05, 3.63) is 66.7 Å². The zero-order valence-corrected chi connectivity index (χ0v) is 20.1. The third kappa shape index (κ3) is 4.75. The Bertz CT molecular complexity index is 1290. The average molecular weight is 473 g/mol. The van der Waals surface area contributed by atoms with E-state index >= 15 is 0 Å². The summed E-state index contributed by atoms with van der Waals surface area (Å²) in [4.78, 5) is 22.6. The molecule has 0 N–H and O–H groups in total. The van der Waals surface area contributed by atoms with Gasteiger partial charge in [0.2, 0.25) is 5.95 Å². The number of ether oxygens (including phenoxy) is 3. The van der Waals surface area contributed by atoms with Crippen LogP contribution in [0.25, 0.3) is 10.9 Å². The van der Waals surface area contributed by atoms with Gasteiger partial charge in [0.05, 0.1) is 32.1 Å². The molecule has 0 unspecified atom stereocenters. The topological polar surface area (TPSA) is 85.7 Å². The number of hydrogen-bond acceptors (Lipinski definition) is 9. The van der Waals surface area contributed by atoms with E-state index in [1.165, 1.54) is 0 Å². The number of aromatic nitrogens is 4. The summed E-state index contributed by atoms with van der Waals surface area (Å²) in [7, 11) is 3.25. The van der Waals surface area contributed by atoms with Gasteiger partial charge in [0.15, 0.2) is 17.2 Å². The molecule has 0 spiro atoms. The Morgan fingerprint density at radius 3 is 2.37 bits per heavy atom. The zero-order valence-electron chi connectivity index (χ0n) is 20.1. The van der Waals surface area contributed by atoms with Crippen molar-refractivity contribution in [2.45, 2.75) is 19.6 Å². The molecule has 1 atom stereocenters. The standard InChI is InChI=1S/C26H28N6O3/c1-18-15-31(26-27-13-20(14-28-26)35-16-19-7-5-4-6-8-19)9-10-32(18)25-21-11-23(33-2)24(34-3)12-22(21)29-17-30-25/h4-8,11-14,17-18H,9-10,15-16H2,1-3H3/t18-/m1/s1. The highest BCUT2D eigenvalue weighted by atomic mass is 16.5. The van der Waals surface area contributed by atoms with Crippen molar-refractivity contribution in [3.8, 4) is 17.2 Å². The van der Waals surface area contributed by atoms with Crippen LogP contribution in [0.1, 0.15) is 12.5 Å². The molecular formula is C26H28N6O3. The summed E-state index contributed by atoms with van der Waals surface area (Å²) in [5, 5.41) is 0.932. The van der Waals surface area contributed by atoms with Gasteiger partial charge in [0.25, 0.3) is 0 Å². The van der Waals surface area contributed by atoms with Gasteiger partial charge in [-0.25, -0.2) is 19.9 Å². The number of methoxy groups -OCH3 is 2.